The van der Waals surface area contributed by atoms with E-state index in [0.717, 1.165) is 12.2 Å². The van der Waals surface area contributed by atoms with Gasteiger partial charge in [0, 0.05) is 12.1 Å². The molecule has 1 aromatic heterocycles. The minimum Gasteiger partial charge on any atom is -0.367 e. The Bertz CT molecular complexity index is 391. The van der Waals surface area contributed by atoms with Crippen LogP contribution in [0.3, 0.4) is 0 Å². The third-order valence-corrected chi connectivity index (χ3v) is 3.40. The number of nitro groups is 1. The van der Waals surface area contributed by atoms with E-state index in [9.17, 15) is 10.1 Å². The van der Waals surface area contributed by atoms with E-state index >= 15 is 0 Å². The van der Waals surface area contributed by atoms with Gasteiger partial charge >= 0.3 is 0 Å². The van der Waals surface area contributed by atoms with E-state index in [4.69, 9.17) is 0 Å². The minimum absolute atomic E-state index is 0.0345. The van der Waals surface area contributed by atoms with E-state index in [-0.39, 0.29) is 5.69 Å². The molecule has 0 radical (unpaired) electrons. The van der Waals surface area contributed by atoms with Gasteiger partial charge in [-0.05, 0) is 24.8 Å². The summed E-state index contributed by atoms with van der Waals surface area (Å²) < 4.78 is 0. The molecule has 17 heavy (non-hydrogen) atoms. The van der Waals surface area contributed by atoms with E-state index in [0.29, 0.717) is 12.0 Å². The molecule has 0 bridgehead atoms. The second-order valence-corrected chi connectivity index (χ2v) is 4.67. The summed E-state index contributed by atoms with van der Waals surface area (Å²) in [6.45, 7) is 2.24. The highest BCUT2D eigenvalue weighted by Gasteiger charge is 2.21. The highest BCUT2D eigenvalue weighted by atomic mass is 16.6. The van der Waals surface area contributed by atoms with Crippen molar-refractivity contribution in [3.05, 3.63) is 28.4 Å². The lowest BCUT2D eigenvalue weighted by atomic mass is 9.86. The molecule has 1 aliphatic rings. The van der Waals surface area contributed by atoms with E-state index < -0.39 is 4.92 Å². The van der Waals surface area contributed by atoms with Gasteiger partial charge in [0.05, 0.1) is 4.92 Å². The third kappa shape index (κ3) is 2.93. The van der Waals surface area contributed by atoms with Crippen molar-refractivity contribution in [3.63, 3.8) is 0 Å². The molecule has 92 valence electrons. The lowest BCUT2D eigenvalue weighted by molar-refractivity contribution is -0.385. The molecule has 1 saturated carbocycles. The quantitative estimate of drug-likeness (QED) is 0.646. The average molecular weight is 235 g/mol. The topological polar surface area (TPSA) is 68.1 Å². The summed E-state index contributed by atoms with van der Waals surface area (Å²) in [5.41, 5.74) is 0.0345. The standard InChI is InChI=1S/C12H17N3O2/c1-9-4-2-3-5-11(9)14-12-7-6-10(8-13-12)15(16)17/h6-9,11H,2-5H2,1H3,(H,13,14). The zero-order valence-corrected chi connectivity index (χ0v) is 9.93. The molecule has 2 rings (SSSR count). The summed E-state index contributed by atoms with van der Waals surface area (Å²) in [6.07, 6.45) is 6.24. The summed E-state index contributed by atoms with van der Waals surface area (Å²) in [5, 5.41) is 13.9. The van der Waals surface area contributed by atoms with Gasteiger partial charge in [-0.3, -0.25) is 10.1 Å². The summed E-state index contributed by atoms with van der Waals surface area (Å²) in [4.78, 5) is 14.1. The summed E-state index contributed by atoms with van der Waals surface area (Å²) >= 11 is 0. The Morgan fingerprint density at radius 3 is 2.76 bits per heavy atom. The first-order valence-corrected chi connectivity index (χ1v) is 6.04. The van der Waals surface area contributed by atoms with Crippen LogP contribution in [0.25, 0.3) is 0 Å². The van der Waals surface area contributed by atoms with Crippen LogP contribution in [0.4, 0.5) is 11.5 Å². The summed E-state index contributed by atoms with van der Waals surface area (Å²) in [5.74, 6) is 1.37. The van der Waals surface area contributed by atoms with Crippen molar-refractivity contribution < 1.29 is 4.92 Å². The highest BCUT2D eigenvalue weighted by Crippen LogP contribution is 2.26. The van der Waals surface area contributed by atoms with Crippen LogP contribution in [-0.4, -0.2) is 15.9 Å². The molecule has 1 heterocycles. The van der Waals surface area contributed by atoms with Gasteiger partial charge in [-0.1, -0.05) is 19.8 Å². The zero-order chi connectivity index (χ0) is 12.3. The van der Waals surface area contributed by atoms with Crippen molar-refractivity contribution in [2.24, 2.45) is 5.92 Å². The predicted octanol–water partition coefficient (Wildman–Crippen LogP) is 2.98. The SMILES string of the molecule is CC1CCCCC1Nc1ccc([N+](=O)[O-])cn1. The molecule has 2 unspecified atom stereocenters. The van der Waals surface area contributed by atoms with Crippen molar-refractivity contribution in [1.82, 2.24) is 4.98 Å². The lowest BCUT2D eigenvalue weighted by Crippen LogP contribution is -2.30. The van der Waals surface area contributed by atoms with Gasteiger partial charge < -0.3 is 5.32 Å². The van der Waals surface area contributed by atoms with Gasteiger partial charge in [0.25, 0.3) is 5.69 Å². The molecule has 0 spiro atoms. The van der Waals surface area contributed by atoms with Crippen LogP contribution in [0, 0.1) is 16.0 Å². The van der Waals surface area contributed by atoms with E-state index in [1.807, 2.05) is 0 Å². The van der Waals surface area contributed by atoms with E-state index in [2.05, 4.69) is 17.2 Å². The molecular weight excluding hydrogens is 218 g/mol. The van der Waals surface area contributed by atoms with Crippen LogP contribution in [-0.2, 0) is 0 Å². The Labute approximate surface area is 100 Å². The first kappa shape index (κ1) is 11.8. The number of aromatic nitrogens is 1. The van der Waals surface area contributed by atoms with Gasteiger partial charge in [-0.2, -0.15) is 0 Å². The minimum atomic E-state index is -0.431. The van der Waals surface area contributed by atoms with Gasteiger partial charge in [0.1, 0.15) is 12.0 Å². The van der Waals surface area contributed by atoms with Crippen molar-refractivity contribution in [2.45, 2.75) is 38.6 Å². The second kappa shape index (κ2) is 5.12. The predicted molar refractivity (Wildman–Crippen MR) is 65.9 cm³/mol. The van der Waals surface area contributed by atoms with Crippen molar-refractivity contribution >= 4 is 11.5 Å². The van der Waals surface area contributed by atoms with Gasteiger partial charge in [0.15, 0.2) is 0 Å². The molecule has 5 heteroatoms. The molecule has 5 nitrogen and oxygen atoms in total. The largest absolute Gasteiger partial charge is 0.367 e. The molecule has 1 aliphatic carbocycles. The molecule has 1 N–H and O–H groups in total. The normalized spacial score (nSPS) is 24.3. The van der Waals surface area contributed by atoms with Gasteiger partial charge in [-0.15, -0.1) is 0 Å². The number of hydrogen-bond acceptors (Lipinski definition) is 4. The number of nitrogens with one attached hydrogen (secondary N) is 1. The maximum atomic E-state index is 10.5. The smallest absolute Gasteiger partial charge is 0.287 e. The molecule has 0 saturated heterocycles. The van der Waals surface area contributed by atoms with Crippen molar-refractivity contribution in [2.75, 3.05) is 5.32 Å². The fraction of sp³-hybridized carbons (Fsp3) is 0.583. The summed E-state index contributed by atoms with van der Waals surface area (Å²) in [7, 11) is 0. The molecular formula is C12H17N3O2. The number of pyridine rings is 1. The molecule has 1 aromatic rings. The molecule has 0 aromatic carbocycles. The van der Waals surface area contributed by atoms with Crippen LogP contribution in [0.15, 0.2) is 18.3 Å². The number of hydrogen-bond donors (Lipinski definition) is 1. The Balaban J connectivity index is 2.00. The van der Waals surface area contributed by atoms with Gasteiger partial charge in [-0.25, -0.2) is 4.98 Å². The summed E-state index contributed by atoms with van der Waals surface area (Å²) in [6, 6.07) is 3.61. The van der Waals surface area contributed by atoms with E-state index in [1.165, 1.54) is 31.5 Å². The van der Waals surface area contributed by atoms with E-state index in [1.54, 1.807) is 6.07 Å². The fourth-order valence-electron chi connectivity index (χ4n) is 2.30. The second-order valence-electron chi connectivity index (χ2n) is 4.67. The van der Waals surface area contributed by atoms with Crippen molar-refractivity contribution in [3.8, 4) is 0 Å². The van der Waals surface area contributed by atoms with Crippen LogP contribution in [0.2, 0.25) is 0 Å². The highest BCUT2D eigenvalue weighted by molar-refractivity contribution is 5.41. The zero-order valence-electron chi connectivity index (χ0n) is 9.93. The monoisotopic (exact) mass is 235 g/mol. The maximum Gasteiger partial charge on any atom is 0.287 e. The van der Waals surface area contributed by atoms with Crippen LogP contribution in [0.5, 0.6) is 0 Å². The van der Waals surface area contributed by atoms with Crippen LogP contribution >= 0.6 is 0 Å². The van der Waals surface area contributed by atoms with Gasteiger partial charge in [0.2, 0.25) is 0 Å². The molecule has 2 atom stereocenters. The number of rotatable bonds is 3. The Hall–Kier alpha value is -1.65. The maximum absolute atomic E-state index is 10.5. The average Bonchev–Trinajstić information content (AvgIpc) is 2.33. The van der Waals surface area contributed by atoms with Crippen molar-refractivity contribution in [1.29, 1.82) is 0 Å². The van der Waals surface area contributed by atoms with Crippen LogP contribution < -0.4 is 5.32 Å². The molecule has 0 amide bonds. The fourth-order valence-corrected chi connectivity index (χ4v) is 2.30. The first-order valence-electron chi connectivity index (χ1n) is 6.04. The lowest BCUT2D eigenvalue weighted by Gasteiger charge is -2.29. The Kier molecular flexibility index (Phi) is 3.56. The number of nitrogens with zero attached hydrogens (tertiary/aromatic N) is 2. The number of anilines is 1. The Morgan fingerprint density at radius 2 is 2.18 bits per heavy atom. The third-order valence-electron chi connectivity index (χ3n) is 3.40. The first-order chi connectivity index (χ1) is 8.16. The molecule has 0 aliphatic heterocycles. The van der Waals surface area contributed by atoms with Crippen LogP contribution in [0.1, 0.15) is 32.6 Å². The Morgan fingerprint density at radius 1 is 1.41 bits per heavy atom. The molecule has 1 fully saturated rings.